The number of carbonyl (C=O) groups is 1. The van der Waals surface area contributed by atoms with Crippen LogP contribution in [0.4, 0.5) is 10.6 Å². The number of nitrogens with one attached hydrogen (secondary N) is 2. The second-order valence-electron chi connectivity index (χ2n) is 6.87. The van der Waals surface area contributed by atoms with Crippen LogP contribution in [0, 0.1) is 12.8 Å². The van der Waals surface area contributed by atoms with E-state index in [1.807, 2.05) is 44.3 Å². The number of hydrogen-bond acceptors (Lipinski definition) is 3. The third-order valence-corrected chi connectivity index (χ3v) is 4.85. The molecule has 1 aliphatic carbocycles. The smallest absolute Gasteiger partial charge is 0.320 e. The Kier molecular flexibility index (Phi) is 5.38. The third-order valence-electron chi connectivity index (χ3n) is 4.85. The summed E-state index contributed by atoms with van der Waals surface area (Å²) < 4.78 is 1.67. The van der Waals surface area contributed by atoms with Crippen molar-refractivity contribution in [3.63, 3.8) is 0 Å². The lowest BCUT2D eigenvalue weighted by molar-refractivity contribution is 0.101. The van der Waals surface area contributed by atoms with Crippen molar-refractivity contribution < 1.29 is 9.90 Å². The van der Waals surface area contributed by atoms with E-state index < -0.39 is 0 Å². The van der Waals surface area contributed by atoms with Gasteiger partial charge in [-0.3, -0.25) is 10.00 Å². The van der Waals surface area contributed by atoms with E-state index in [9.17, 15) is 9.90 Å². The van der Waals surface area contributed by atoms with Crippen molar-refractivity contribution >= 4 is 11.8 Å². The molecular formula is C19H26N4O2. The molecule has 0 bridgehead atoms. The van der Waals surface area contributed by atoms with Gasteiger partial charge in [0.05, 0.1) is 11.8 Å². The first-order chi connectivity index (χ1) is 12.0. The van der Waals surface area contributed by atoms with Crippen LogP contribution in [-0.2, 0) is 7.05 Å². The highest BCUT2D eigenvalue weighted by atomic mass is 16.3. The number of aryl methyl sites for hydroxylation is 2. The molecule has 6 nitrogen and oxygen atoms in total. The highest BCUT2D eigenvalue weighted by Crippen LogP contribution is 2.25. The minimum atomic E-state index is -0.237. The number of hydrogen-bond donors (Lipinski definition) is 3. The maximum Gasteiger partial charge on any atom is 0.320 e. The van der Waals surface area contributed by atoms with Gasteiger partial charge in [-0.05, 0) is 37.7 Å². The fourth-order valence-electron chi connectivity index (χ4n) is 3.42. The summed E-state index contributed by atoms with van der Waals surface area (Å²) in [5, 5.41) is 20.0. The van der Waals surface area contributed by atoms with E-state index in [0.29, 0.717) is 18.3 Å². The van der Waals surface area contributed by atoms with Crippen LogP contribution in [0.15, 0.2) is 30.3 Å². The minimum absolute atomic E-state index is 0.225. The van der Waals surface area contributed by atoms with Gasteiger partial charge in [-0.2, -0.15) is 5.10 Å². The highest BCUT2D eigenvalue weighted by Gasteiger charge is 2.20. The normalized spacial score (nSPS) is 20.3. The third kappa shape index (κ3) is 4.39. The monoisotopic (exact) mass is 342 g/mol. The van der Waals surface area contributed by atoms with Crippen LogP contribution in [0.1, 0.15) is 31.2 Å². The van der Waals surface area contributed by atoms with E-state index in [2.05, 4.69) is 15.7 Å². The second kappa shape index (κ2) is 7.70. The Bertz CT molecular complexity index is 741. The fourth-order valence-corrected chi connectivity index (χ4v) is 3.42. The van der Waals surface area contributed by atoms with Crippen molar-refractivity contribution in [3.8, 4) is 11.3 Å². The van der Waals surface area contributed by atoms with Crippen LogP contribution < -0.4 is 10.6 Å². The summed E-state index contributed by atoms with van der Waals surface area (Å²) in [4.78, 5) is 12.2. The molecular weight excluding hydrogens is 316 g/mol. The van der Waals surface area contributed by atoms with Gasteiger partial charge in [0, 0.05) is 25.2 Å². The van der Waals surface area contributed by atoms with E-state index in [-0.39, 0.29) is 12.1 Å². The van der Waals surface area contributed by atoms with Gasteiger partial charge >= 0.3 is 6.03 Å². The van der Waals surface area contributed by atoms with Gasteiger partial charge in [0.1, 0.15) is 5.82 Å². The summed E-state index contributed by atoms with van der Waals surface area (Å²) in [5.74, 6) is 1.00. The van der Waals surface area contributed by atoms with E-state index >= 15 is 0 Å². The molecule has 3 N–H and O–H groups in total. The number of aliphatic hydroxyl groups excluding tert-OH is 1. The Hall–Kier alpha value is -2.34. The average Bonchev–Trinajstić information content (AvgIpc) is 2.94. The lowest BCUT2D eigenvalue weighted by Crippen LogP contribution is -2.35. The van der Waals surface area contributed by atoms with Crippen LogP contribution >= 0.6 is 0 Å². The number of urea groups is 1. The highest BCUT2D eigenvalue weighted by molar-refractivity contribution is 5.89. The van der Waals surface area contributed by atoms with Gasteiger partial charge in [0.25, 0.3) is 0 Å². The lowest BCUT2D eigenvalue weighted by Gasteiger charge is -2.25. The predicted molar refractivity (Wildman–Crippen MR) is 98.4 cm³/mol. The molecule has 2 amide bonds. The maximum atomic E-state index is 12.2. The zero-order valence-electron chi connectivity index (χ0n) is 14.8. The van der Waals surface area contributed by atoms with E-state index in [4.69, 9.17) is 0 Å². The Morgan fingerprint density at radius 2 is 2.16 bits per heavy atom. The molecule has 0 radical (unpaired) electrons. The molecule has 3 rings (SSSR count). The lowest BCUT2D eigenvalue weighted by atomic mass is 9.87. The standard InChI is InChI=1S/C19H26N4O2/c1-13-6-3-4-9-16(13)17-11-18(23(2)22-17)21-19(25)20-12-14-7-5-8-15(24)10-14/h3-4,6,9,11,14-15,24H,5,7-8,10,12H2,1-2H3,(H2,20,21,25)/t14-,15+/m1/s1. The SMILES string of the molecule is Cc1ccccc1-c1cc(NC(=O)NC[C@@H]2CCC[C@H](O)C2)n(C)n1. The molecule has 1 heterocycles. The molecule has 0 saturated heterocycles. The Morgan fingerprint density at radius 1 is 1.36 bits per heavy atom. The first-order valence-electron chi connectivity index (χ1n) is 8.86. The first kappa shape index (κ1) is 17.5. The van der Waals surface area contributed by atoms with Gasteiger partial charge in [0.2, 0.25) is 0 Å². The van der Waals surface area contributed by atoms with Crippen molar-refractivity contribution in [2.45, 2.75) is 38.7 Å². The van der Waals surface area contributed by atoms with Gasteiger partial charge in [-0.25, -0.2) is 4.79 Å². The van der Waals surface area contributed by atoms with E-state index in [1.165, 1.54) is 0 Å². The van der Waals surface area contributed by atoms with E-state index in [1.54, 1.807) is 4.68 Å². The molecule has 0 aliphatic heterocycles. The van der Waals surface area contributed by atoms with Crippen LogP contribution in [0.25, 0.3) is 11.3 Å². The summed E-state index contributed by atoms with van der Waals surface area (Å²) in [6.07, 6.45) is 3.50. The number of carbonyl (C=O) groups excluding carboxylic acids is 1. The van der Waals surface area contributed by atoms with Crippen LogP contribution in [0.3, 0.4) is 0 Å². The molecule has 1 saturated carbocycles. The zero-order chi connectivity index (χ0) is 17.8. The van der Waals surface area contributed by atoms with Crippen molar-refractivity contribution in [1.82, 2.24) is 15.1 Å². The molecule has 2 aromatic rings. The van der Waals surface area contributed by atoms with E-state index in [0.717, 1.165) is 42.5 Å². The summed E-state index contributed by atoms with van der Waals surface area (Å²) >= 11 is 0. The van der Waals surface area contributed by atoms with Crippen LogP contribution in [-0.4, -0.2) is 33.6 Å². The molecule has 134 valence electrons. The summed E-state index contributed by atoms with van der Waals surface area (Å²) in [5.41, 5.74) is 3.04. The van der Waals surface area contributed by atoms with Gasteiger partial charge in [-0.15, -0.1) is 0 Å². The predicted octanol–water partition coefficient (Wildman–Crippen LogP) is 3.07. The van der Waals surface area contributed by atoms with Crippen molar-refractivity contribution in [2.75, 3.05) is 11.9 Å². The van der Waals surface area contributed by atoms with Gasteiger partial charge < -0.3 is 10.4 Å². The molecule has 1 aromatic heterocycles. The first-order valence-corrected chi connectivity index (χ1v) is 8.86. The average molecular weight is 342 g/mol. The Labute approximate surface area is 148 Å². The topological polar surface area (TPSA) is 79.2 Å². The second-order valence-corrected chi connectivity index (χ2v) is 6.87. The molecule has 1 fully saturated rings. The number of amides is 2. The maximum absolute atomic E-state index is 12.2. The summed E-state index contributed by atoms with van der Waals surface area (Å²) in [6, 6.07) is 9.69. The van der Waals surface area contributed by atoms with Crippen LogP contribution in [0.2, 0.25) is 0 Å². The number of benzene rings is 1. The van der Waals surface area contributed by atoms with Gasteiger partial charge in [-0.1, -0.05) is 30.7 Å². The van der Waals surface area contributed by atoms with Crippen molar-refractivity contribution in [3.05, 3.63) is 35.9 Å². The Balaban J connectivity index is 1.59. The summed E-state index contributed by atoms with van der Waals surface area (Å²) in [7, 11) is 1.81. The fraction of sp³-hybridized carbons (Fsp3) is 0.474. The van der Waals surface area contributed by atoms with Crippen molar-refractivity contribution in [1.29, 1.82) is 0 Å². The molecule has 0 spiro atoms. The number of rotatable bonds is 4. The number of nitrogens with zero attached hydrogens (tertiary/aromatic N) is 2. The van der Waals surface area contributed by atoms with Crippen LogP contribution in [0.5, 0.6) is 0 Å². The largest absolute Gasteiger partial charge is 0.393 e. The minimum Gasteiger partial charge on any atom is -0.393 e. The Morgan fingerprint density at radius 3 is 2.92 bits per heavy atom. The number of aromatic nitrogens is 2. The molecule has 2 atom stereocenters. The summed E-state index contributed by atoms with van der Waals surface area (Å²) in [6.45, 7) is 2.63. The quantitative estimate of drug-likeness (QED) is 0.799. The molecule has 1 aromatic carbocycles. The van der Waals surface area contributed by atoms with Gasteiger partial charge in [0.15, 0.2) is 0 Å². The number of anilines is 1. The molecule has 0 unspecified atom stereocenters. The number of aliphatic hydroxyl groups is 1. The molecule has 25 heavy (non-hydrogen) atoms. The zero-order valence-corrected chi connectivity index (χ0v) is 14.8. The molecule has 1 aliphatic rings. The van der Waals surface area contributed by atoms with Crippen molar-refractivity contribution in [2.24, 2.45) is 13.0 Å². The molecule has 6 heteroatoms.